The van der Waals surface area contributed by atoms with Crippen LogP contribution in [-0.4, -0.2) is 29.7 Å². The maximum Gasteiger partial charge on any atom is 0.244 e. The van der Waals surface area contributed by atoms with E-state index >= 15 is 0 Å². The van der Waals surface area contributed by atoms with Crippen LogP contribution in [0.3, 0.4) is 0 Å². The number of fused-ring (bicyclic) bond motifs is 1. The van der Waals surface area contributed by atoms with Gasteiger partial charge in [-0.05, 0) is 44.0 Å². The van der Waals surface area contributed by atoms with Crippen molar-refractivity contribution in [1.82, 2.24) is 4.57 Å². The van der Waals surface area contributed by atoms with Crippen LogP contribution in [0, 0.1) is 6.92 Å². The number of aromatic nitrogens is 1. The van der Waals surface area contributed by atoms with Crippen LogP contribution < -0.4 is 10.1 Å². The van der Waals surface area contributed by atoms with Crippen molar-refractivity contribution < 1.29 is 9.53 Å². The molecule has 1 saturated heterocycles. The molecule has 0 radical (unpaired) electrons. The van der Waals surface area contributed by atoms with Gasteiger partial charge in [0.15, 0.2) is 4.80 Å². The van der Waals surface area contributed by atoms with E-state index in [1.54, 1.807) is 11.3 Å². The van der Waals surface area contributed by atoms with Crippen molar-refractivity contribution in [3.05, 3.63) is 58.9 Å². The highest BCUT2D eigenvalue weighted by Crippen LogP contribution is 2.18. The van der Waals surface area contributed by atoms with Gasteiger partial charge in [-0.25, -0.2) is 0 Å². The molecule has 1 aliphatic heterocycles. The minimum atomic E-state index is -0.0547. The molecule has 148 valence electrons. The highest BCUT2D eigenvalue weighted by Gasteiger charge is 2.15. The second-order valence-electron chi connectivity index (χ2n) is 6.83. The van der Waals surface area contributed by atoms with Gasteiger partial charge >= 0.3 is 0 Å². The van der Waals surface area contributed by atoms with E-state index in [1.165, 1.54) is 5.56 Å². The molecule has 2 heterocycles. The maximum absolute atomic E-state index is 12.6. The van der Waals surface area contributed by atoms with Crippen molar-refractivity contribution >= 4 is 45.6 Å². The van der Waals surface area contributed by atoms with Crippen LogP contribution in [0.2, 0.25) is 0 Å². The molecular formula is C21H24ClN3O2S. The minimum Gasteiger partial charge on any atom is -0.376 e. The van der Waals surface area contributed by atoms with E-state index in [9.17, 15) is 4.79 Å². The zero-order valence-corrected chi connectivity index (χ0v) is 17.4. The summed E-state index contributed by atoms with van der Waals surface area (Å²) < 4.78 is 8.81. The minimum absolute atomic E-state index is 0. The fourth-order valence-corrected chi connectivity index (χ4v) is 4.28. The summed E-state index contributed by atoms with van der Waals surface area (Å²) >= 11 is 1.62. The molecule has 5 nitrogen and oxygen atoms in total. The molecule has 1 N–H and O–H groups in total. The van der Waals surface area contributed by atoms with E-state index in [1.807, 2.05) is 54.0 Å². The molecule has 1 amide bonds. The van der Waals surface area contributed by atoms with Crippen molar-refractivity contribution in [3.63, 3.8) is 0 Å². The zero-order valence-electron chi connectivity index (χ0n) is 15.8. The molecule has 7 heteroatoms. The van der Waals surface area contributed by atoms with Gasteiger partial charge < -0.3 is 14.6 Å². The van der Waals surface area contributed by atoms with Gasteiger partial charge in [-0.15, -0.1) is 12.4 Å². The normalized spacial score (nSPS) is 16.9. The lowest BCUT2D eigenvalue weighted by Crippen LogP contribution is -2.26. The lowest BCUT2D eigenvalue weighted by molar-refractivity contribution is -0.116. The number of amides is 1. The molecule has 1 fully saturated rings. The first-order valence-corrected chi connectivity index (χ1v) is 10.1. The highest BCUT2D eigenvalue weighted by molar-refractivity contribution is 7.16. The average Bonchev–Trinajstić information content (AvgIpc) is 3.30. The third-order valence-electron chi connectivity index (χ3n) is 4.68. The average molecular weight is 418 g/mol. The van der Waals surface area contributed by atoms with E-state index < -0.39 is 0 Å². The Bertz CT molecular complexity index is 1000. The topological polar surface area (TPSA) is 55.6 Å². The quantitative estimate of drug-likeness (QED) is 0.677. The number of carbonyl (C=O) groups excluding carboxylic acids is 1. The summed E-state index contributed by atoms with van der Waals surface area (Å²) in [5.41, 5.74) is 3.01. The third kappa shape index (κ3) is 4.82. The fraction of sp³-hybridized carbons (Fsp3) is 0.333. The van der Waals surface area contributed by atoms with E-state index in [0.29, 0.717) is 6.54 Å². The van der Waals surface area contributed by atoms with Crippen molar-refractivity contribution in [2.75, 3.05) is 18.5 Å². The van der Waals surface area contributed by atoms with Gasteiger partial charge in [-0.3, -0.25) is 9.79 Å². The maximum atomic E-state index is 12.6. The first kappa shape index (κ1) is 20.6. The first-order valence-electron chi connectivity index (χ1n) is 9.26. The third-order valence-corrected chi connectivity index (χ3v) is 5.78. The van der Waals surface area contributed by atoms with E-state index in [4.69, 9.17) is 9.73 Å². The summed E-state index contributed by atoms with van der Waals surface area (Å²) in [6.07, 6.45) is 2.36. The number of hydrogen-bond donors (Lipinski definition) is 1. The van der Waals surface area contributed by atoms with Gasteiger partial charge in [0.05, 0.1) is 22.9 Å². The van der Waals surface area contributed by atoms with Gasteiger partial charge in [-0.2, -0.15) is 0 Å². The van der Waals surface area contributed by atoms with Crippen molar-refractivity contribution in [2.45, 2.75) is 32.4 Å². The Morgan fingerprint density at radius 2 is 2.04 bits per heavy atom. The Kier molecular flexibility index (Phi) is 6.88. The summed E-state index contributed by atoms with van der Waals surface area (Å²) in [7, 11) is 0. The summed E-state index contributed by atoms with van der Waals surface area (Å²) in [6.45, 7) is 3.74. The molecule has 1 aromatic heterocycles. The second kappa shape index (κ2) is 9.37. The standard InChI is InChI=1S/C21H23N3O2S.ClH/c1-15-8-10-16(11-9-15)23-20(25)14-24-18-6-2-3-7-19(18)27-21(24)22-13-17-5-4-12-26-17;/h2-3,6-11,17H,4-5,12-14H2,1H3,(H,23,25);1H. The van der Waals surface area contributed by atoms with Crippen LogP contribution in [0.5, 0.6) is 0 Å². The number of benzene rings is 2. The molecular weight excluding hydrogens is 394 g/mol. The smallest absolute Gasteiger partial charge is 0.244 e. The van der Waals surface area contributed by atoms with Crippen molar-refractivity contribution in [2.24, 2.45) is 4.99 Å². The number of anilines is 1. The molecule has 1 unspecified atom stereocenters. The first-order chi connectivity index (χ1) is 13.2. The van der Waals surface area contributed by atoms with Crippen LogP contribution in [0.15, 0.2) is 53.5 Å². The Morgan fingerprint density at radius 1 is 1.25 bits per heavy atom. The van der Waals surface area contributed by atoms with Gasteiger partial charge in [0.25, 0.3) is 0 Å². The van der Waals surface area contributed by atoms with E-state index in [2.05, 4.69) is 11.4 Å². The lowest BCUT2D eigenvalue weighted by atomic mass is 10.2. The van der Waals surface area contributed by atoms with Gasteiger partial charge in [0.1, 0.15) is 6.54 Å². The van der Waals surface area contributed by atoms with Crippen LogP contribution >= 0.6 is 23.7 Å². The summed E-state index contributed by atoms with van der Waals surface area (Å²) in [6, 6.07) is 15.9. The van der Waals surface area contributed by atoms with Crippen molar-refractivity contribution in [1.29, 1.82) is 0 Å². The van der Waals surface area contributed by atoms with Gasteiger partial charge in [0.2, 0.25) is 5.91 Å². The van der Waals surface area contributed by atoms with Crippen LogP contribution in [0.25, 0.3) is 10.2 Å². The van der Waals surface area contributed by atoms with Crippen LogP contribution in [-0.2, 0) is 16.1 Å². The summed E-state index contributed by atoms with van der Waals surface area (Å²) in [4.78, 5) is 18.3. The largest absolute Gasteiger partial charge is 0.376 e. The van der Waals surface area contributed by atoms with E-state index in [0.717, 1.165) is 40.2 Å². The number of para-hydroxylation sites is 1. The molecule has 1 aliphatic rings. The summed E-state index contributed by atoms with van der Waals surface area (Å²) in [5, 5.41) is 2.98. The Balaban J connectivity index is 0.00000225. The zero-order chi connectivity index (χ0) is 18.6. The number of thiazole rings is 1. The molecule has 1 atom stereocenters. The number of carbonyl (C=O) groups is 1. The van der Waals surface area contributed by atoms with Gasteiger partial charge in [0, 0.05) is 12.3 Å². The number of rotatable bonds is 5. The van der Waals surface area contributed by atoms with Crippen molar-refractivity contribution in [3.8, 4) is 0 Å². The molecule has 4 rings (SSSR count). The van der Waals surface area contributed by atoms with E-state index in [-0.39, 0.29) is 31.0 Å². The lowest BCUT2D eigenvalue weighted by Gasteiger charge is -2.08. The summed E-state index contributed by atoms with van der Waals surface area (Å²) in [5.74, 6) is -0.0547. The molecule has 2 aromatic carbocycles. The number of ether oxygens (including phenoxy) is 1. The van der Waals surface area contributed by atoms with Gasteiger partial charge in [-0.1, -0.05) is 41.2 Å². The molecule has 0 spiro atoms. The fourth-order valence-electron chi connectivity index (χ4n) is 3.24. The Hall–Kier alpha value is -2.15. The highest BCUT2D eigenvalue weighted by atomic mass is 35.5. The molecule has 28 heavy (non-hydrogen) atoms. The second-order valence-corrected chi connectivity index (χ2v) is 7.84. The molecule has 0 aliphatic carbocycles. The Morgan fingerprint density at radius 3 is 2.79 bits per heavy atom. The SMILES string of the molecule is Cc1ccc(NC(=O)Cn2c(=NCC3CCCO3)sc3ccccc32)cc1.Cl. The predicted molar refractivity (Wildman–Crippen MR) is 116 cm³/mol. The molecule has 0 saturated carbocycles. The number of halogens is 1. The number of nitrogens with one attached hydrogen (secondary N) is 1. The monoisotopic (exact) mass is 417 g/mol. The van der Waals surface area contributed by atoms with Crippen LogP contribution in [0.1, 0.15) is 18.4 Å². The predicted octanol–water partition coefficient (Wildman–Crippen LogP) is 4.15. The number of hydrogen-bond acceptors (Lipinski definition) is 4. The number of aryl methyl sites for hydroxylation is 1. The Labute approximate surface area is 174 Å². The van der Waals surface area contributed by atoms with Crippen LogP contribution in [0.4, 0.5) is 5.69 Å². The number of nitrogens with zero attached hydrogens (tertiary/aromatic N) is 2. The molecule has 3 aromatic rings. The molecule has 0 bridgehead atoms.